The largest absolute Gasteiger partial charge is 0.379 e. The van der Waals surface area contributed by atoms with Gasteiger partial charge in [-0.2, -0.15) is 0 Å². The van der Waals surface area contributed by atoms with Gasteiger partial charge in [0.15, 0.2) is 0 Å². The molecule has 4 rings (SSSR count). The molecule has 3 aliphatic rings. The second-order valence-electron chi connectivity index (χ2n) is 5.77. The van der Waals surface area contributed by atoms with Crippen LogP contribution in [0.4, 0.5) is 0 Å². The van der Waals surface area contributed by atoms with Crippen LogP contribution in [0.2, 0.25) is 0 Å². The highest BCUT2D eigenvalue weighted by atomic mass is 16.5. The molecule has 1 aliphatic carbocycles. The van der Waals surface area contributed by atoms with Crippen LogP contribution in [-0.2, 0) is 9.53 Å². The number of ether oxygens (including phenoxy) is 1. The lowest BCUT2D eigenvalue weighted by atomic mass is 10.1. The highest BCUT2D eigenvalue weighted by Crippen LogP contribution is 2.47. The Morgan fingerprint density at radius 3 is 2.68 bits per heavy atom. The molecule has 1 spiro atoms. The first-order chi connectivity index (χ1) is 9.30. The van der Waals surface area contributed by atoms with E-state index in [9.17, 15) is 4.79 Å². The minimum Gasteiger partial charge on any atom is -0.379 e. The number of carbonyl (C=O) groups excluding carboxylic acids is 1. The zero-order chi connectivity index (χ0) is 12.9. The van der Waals surface area contributed by atoms with Gasteiger partial charge in [-0.05, 0) is 24.8 Å². The Hall–Kier alpha value is -1.39. The van der Waals surface area contributed by atoms with Gasteiger partial charge in [-0.3, -0.25) is 10.1 Å². The van der Waals surface area contributed by atoms with Crippen LogP contribution in [-0.4, -0.2) is 35.6 Å². The summed E-state index contributed by atoms with van der Waals surface area (Å²) in [6.45, 7) is 1.44. The Kier molecular flexibility index (Phi) is 2.44. The van der Waals surface area contributed by atoms with Gasteiger partial charge in [0.1, 0.15) is 11.7 Å². The molecule has 19 heavy (non-hydrogen) atoms. The Labute approximate surface area is 112 Å². The highest BCUT2D eigenvalue weighted by Gasteiger charge is 2.60. The molecule has 2 heterocycles. The van der Waals surface area contributed by atoms with Crippen molar-refractivity contribution in [2.24, 2.45) is 0 Å². The monoisotopic (exact) mass is 258 g/mol. The molecule has 1 saturated carbocycles. The molecule has 0 radical (unpaired) electrons. The van der Waals surface area contributed by atoms with E-state index in [4.69, 9.17) is 4.74 Å². The van der Waals surface area contributed by atoms with E-state index in [-0.39, 0.29) is 23.7 Å². The third-order valence-electron chi connectivity index (χ3n) is 4.50. The maximum absolute atomic E-state index is 12.7. The first-order valence-electron chi connectivity index (χ1n) is 7.03. The summed E-state index contributed by atoms with van der Waals surface area (Å²) in [6.07, 6.45) is 2.91. The van der Waals surface area contributed by atoms with Crippen molar-refractivity contribution in [2.45, 2.75) is 37.0 Å². The maximum atomic E-state index is 12.7. The van der Waals surface area contributed by atoms with Crippen LogP contribution in [0.15, 0.2) is 30.3 Å². The number of hydrogen-bond donors (Lipinski definition) is 1. The fourth-order valence-corrected chi connectivity index (χ4v) is 3.24. The molecule has 0 aromatic heterocycles. The average Bonchev–Trinajstić information content (AvgIpc) is 2.91. The Bertz CT molecular complexity index is 492. The molecule has 3 fully saturated rings. The van der Waals surface area contributed by atoms with Gasteiger partial charge in [0.2, 0.25) is 5.91 Å². The zero-order valence-corrected chi connectivity index (χ0v) is 10.8. The van der Waals surface area contributed by atoms with E-state index in [1.807, 2.05) is 23.1 Å². The number of amides is 1. The van der Waals surface area contributed by atoms with Gasteiger partial charge in [0.05, 0.1) is 12.6 Å². The number of rotatable bonds is 2. The Morgan fingerprint density at radius 2 is 2.05 bits per heavy atom. The summed E-state index contributed by atoms with van der Waals surface area (Å²) in [6, 6.07) is 10.5. The quantitative estimate of drug-likeness (QED) is 0.872. The van der Waals surface area contributed by atoms with Gasteiger partial charge in [0, 0.05) is 6.61 Å². The van der Waals surface area contributed by atoms with Gasteiger partial charge in [0.25, 0.3) is 0 Å². The summed E-state index contributed by atoms with van der Waals surface area (Å²) in [5.41, 5.74) is 0.912. The summed E-state index contributed by atoms with van der Waals surface area (Å²) < 4.78 is 5.47. The molecule has 2 aliphatic heterocycles. The van der Waals surface area contributed by atoms with E-state index >= 15 is 0 Å². The maximum Gasteiger partial charge on any atom is 0.244 e. The van der Waals surface area contributed by atoms with E-state index in [0.29, 0.717) is 6.61 Å². The average molecular weight is 258 g/mol. The molecule has 1 amide bonds. The molecule has 4 heteroatoms. The molecule has 2 saturated heterocycles. The summed E-state index contributed by atoms with van der Waals surface area (Å²) in [5, 5.41) is 3.56. The molecule has 1 N–H and O–H groups in total. The van der Waals surface area contributed by atoms with Crippen molar-refractivity contribution in [3.63, 3.8) is 0 Å². The van der Waals surface area contributed by atoms with Crippen molar-refractivity contribution < 1.29 is 9.53 Å². The fraction of sp³-hybridized carbons (Fsp3) is 0.533. The minimum absolute atomic E-state index is 0.0166. The number of nitrogens with one attached hydrogen (secondary N) is 1. The second-order valence-corrected chi connectivity index (χ2v) is 5.77. The van der Waals surface area contributed by atoms with E-state index < -0.39 is 0 Å². The normalized spacial score (nSPS) is 32.2. The molecule has 2 atom stereocenters. The van der Waals surface area contributed by atoms with Gasteiger partial charge in [-0.1, -0.05) is 30.3 Å². The smallest absolute Gasteiger partial charge is 0.244 e. The molecule has 2 unspecified atom stereocenters. The second kappa shape index (κ2) is 4.05. The SMILES string of the molecule is O=C1N(C2CCOC2)C(c2ccccc2)NC12CC2. The van der Waals surface area contributed by atoms with Crippen molar-refractivity contribution >= 4 is 5.91 Å². The molecule has 100 valence electrons. The molecule has 1 aromatic rings. The Balaban J connectivity index is 1.69. The van der Waals surface area contributed by atoms with Crippen LogP contribution in [0.25, 0.3) is 0 Å². The minimum atomic E-state index is -0.261. The fourth-order valence-electron chi connectivity index (χ4n) is 3.24. The van der Waals surface area contributed by atoms with Gasteiger partial charge in [-0.15, -0.1) is 0 Å². The highest BCUT2D eigenvalue weighted by molar-refractivity contribution is 5.92. The van der Waals surface area contributed by atoms with Crippen molar-refractivity contribution in [1.82, 2.24) is 10.2 Å². The van der Waals surface area contributed by atoms with Gasteiger partial charge in [-0.25, -0.2) is 0 Å². The summed E-state index contributed by atoms with van der Waals surface area (Å²) in [7, 11) is 0. The predicted octanol–water partition coefficient (Wildman–Crippen LogP) is 1.44. The molecule has 1 aromatic carbocycles. The van der Waals surface area contributed by atoms with E-state index in [0.717, 1.165) is 25.9 Å². The third kappa shape index (κ3) is 1.70. The van der Waals surface area contributed by atoms with Crippen LogP contribution < -0.4 is 5.32 Å². The van der Waals surface area contributed by atoms with Crippen LogP contribution in [0.5, 0.6) is 0 Å². The van der Waals surface area contributed by atoms with Crippen molar-refractivity contribution in [1.29, 1.82) is 0 Å². The Morgan fingerprint density at radius 1 is 1.26 bits per heavy atom. The summed E-state index contributed by atoms with van der Waals surface area (Å²) in [5.74, 6) is 0.275. The lowest BCUT2D eigenvalue weighted by Crippen LogP contribution is -2.40. The van der Waals surface area contributed by atoms with Gasteiger partial charge < -0.3 is 9.64 Å². The van der Waals surface area contributed by atoms with E-state index in [2.05, 4.69) is 17.4 Å². The number of benzene rings is 1. The predicted molar refractivity (Wildman–Crippen MR) is 70.4 cm³/mol. The van der Waals surface area contributed by atoms with Crippen LogP contribution in [0, 0.1) is 0 Å². The molecule has 0 bridgehead atoms. The molecular weight excluding hydrogens is 240 g/mol. The lowest BCUT2D eigenvalue weighted by molar-refractivity contribution is -0.133. The van der Waals surface area contributed by atoms with Crippen molar-refractivity contribution in [3.8, 4) is 0 Å². The zero-order valence-electron chi connectivity index (χ0n) is 10.8. The summed E-state index contributed by atoms with van der Waals surface area (Å²) >= 11 is 0. The number of hydrogen-bond acceptors (Lipinski definition) is 3. The lowest BCUT2D eigenvalue weighted by Gasteiger charge is -2.29. The van der Waals surface area contributed by atoms with E-state index in [1.165, 1.54) is 5.56 Å². The topological polar surface area (TPSA) is 41.6 Å². The molecule has 4 nitrogen and oxygen atoms in total. The number of carbonyl (C=O) groups is 1. The van der Waals surface area contributed by atoms with Crippen LogP contribution >= 0.6 is 0 Å². The number of nitrogens with zero attached hydrogens (tertiary/aromatic N) is 1. The van der Waals surface area contributed by atoms with E-state index in [1.54, 1.807) is 0 Å². The van der Waals surface area contributed by atoms with Crippen LogP contribution in [0.3, 0.4) is 0 Å². The first kappa shape index (κ1) is 11.4. The summed E-state index contributed by atoms with van der Waals surface area (Å²) in [4.78, 5) is 14.7. The molecular formula is C15H18N2O2. The van der Waals surface area contributed by atoms with Crippen molar-refractivity contribution in [2.75, 3.05) is 13.2 Å². The third-order valence-corrected chi connectivity index (χ3v) is 4.50. The standard InChI is InChI=1S/C15H18N2O2/c18-14-15(7-8-15)16-13(11-4-2-1-3-5-11)17(14)12-6-9-19-10-12/h1-5,12-13,16H,6-10H2. The first-order valence-corrected chi connectivity index (χ1v) is 7.03. The van der Waals surface area contributed by atoms with Crippen LogP contribution in [0.1, 0.15) is 31.0 Å². The van der Waals surface area contributed by atoms with Gasteiger partial charge >= 0.3 is 0 Å². The van der Waals surface area contributed by atoms with Crippen molar-refractivity contribution in [3.05, 3.63) is 35.9 Å².